The van der Waals surface area contributed by atoms with E-state index in [-0.39, 0.29) is 11.3 Å². The number of methoxy groups -OCH3 is 1. The lowest BCUT2D eigenvalue weighted by Crippen LogP contribution is -2.32. The average Bonchev–Trinajstić information content (AvgIpc) is 3.08. The molecule has 6 heteroatoms. The quantitative estimate of drug-likeness (QED) is 0.649. The van der Waals surface area contributed by atoms with Crippen LogP contribution < -0.4 is 9.47 Å². The minimum atomic E-state index is -0.0680. The van der Waals surface area contributed by atoms with Crippen molar-refractivity contribution in [2.75, 3.05) is 26.0 Å². The maximum Gasteiger partial charge on any atom is 0.234 e. The summed E-state index contributed by atoms with van der Waals surface area (Å²) in [4.78, 5) is 19.0. The molecule has 2 heterocycles. The van der Waals surface area contributed by atoms with E-state index in [1.54, 1.807) is 18.9 Å². The second kappa shape index (κ2) is 7.88. The van der Waals surface area contributed by atoms with Gasteiger partial charge in [0.25, 0.3) is 0 Å². The molecule has 1 aliphatic heterocycles. The van der Waals surface area contributed by atoms with Gasteiger partial charge in [-0.1, -0.05) is 24.3 Å². The van der Waals surface area contributed by atoms with Gasteiger partial charge >= 0.3 is 0 Å². The zero-order valence-corrected chi connectivity index (χ0v) is 15.8. The van der Waals surface area contributed by atoms with E-state index in [9.17, 15) is 4.79 Å². The molecule has 1 unspecified atom stereocenters. The predicted molar refractivity (Wildman–Crippen MR) is 107 cm³/mol. The molecule has 1 amide bonds. The molecule has 1 aliphatic rings. The second-order valence-electron chi connectivity index (χ2n) is 6.20. The van der Waals surface area contributed by atoms with Gasteiger partial charge < -0.3 is 14.4 Å². The summed E-state index contributed by atoms with van der Waals surface area (Å²) in [5.74, 6) is 2.14. The van der Waals surface area contributed by atoms with E-state index in [0.29, 0.717) is 18.9 Å². The van der Waals surface area contributed by atoms with E-state index in [1.165, 1.54) is 0 Å². The van der Waals surface area contributed by atoms with E-state index >= 15 is 0 Å². The van der Waals surface area contributed by atoms with Gasteiger partial charge in [0.2, 0.25) is 5.91 Å². The minimum absolute atomic E-state index is 0.0680. The number of thioether (sulfide) groups is 1. The van der Waals surface area contributed by atoms with Crippen LogP contribution in [0.5, 0.6) is 11.5 Å². The van der Waals surface area contributed by atoms with Gasteiger partial charge in [-0.25, -0.2) is 4.98 Å². The van der Waals surface area contributed by atoms with E-state index in [0.717, 1.165) is 28.1 Å². The number of ether oxygens (including phenoxy) is 2. The summed E-state index contributed by atoms with van der Waals surface area (Å²) in [7, 11) is 1.63. The van der Waals surface area contributed by atoms with Crippen LogP contribution in [0.1, 0.15) is 11.1 Å². The number of benzene rings is 2. The molecular formula is C21H20N2O3S. The molecule has 0 saturated carbocycles. The molecule has 27 heavy (non-hydrogen) atoms. The lowest BCUT2D eigenvalue weighted by Gasteiger charge is -2.23. The Morgan fingerprint density at radius 2 is 1.85 bits per heavy atom. The fourth-order valence-electron chi connectivity index (χ4n) is 3.09. The number of carbonyl (C=O) groups is 1. The van der Waals surface area contributed by atoms with Crippen LogP contribution in [-0.4, -0.2) is 41.8 Å². The Bertz CT molecular complexity index is 946. The normalized spacial score (nSPS) is 16.7. The highest BCUT2D eigenvalue weighted by Crippen LogP contribution is 2.38. The molecule has 1 aromatic heterocycles. The summed E-state index contributed by atoms with van der Waals surface area (Å²) in [6.07, 6.45) is 0. The van der Waals surface area contributed by atoms with Crippen LogP contribution in [0.3, 0.4) is 0 Å². The lowest BCUT2D eigenvalue weighted by atomic mass is 10.2. The fraction of sp³-hybridized carbons (Fsp3) is 0.238. The molecule has 5 nitrogen and oxygen atoms in total. The summed E-state index contributed by atoms with van der Waals surface area (Å²) >= 11 is 1.61. The SMILES string of the molecule is COc1ccc(OCCN2C(=O)CSC2c2ccc3ccccc3n2)cc1. The standard InChI is InChI=1S/C21H20N2O3S/c1-25-16-7-9-17(10-8-16)26-13-12-23-20(24)14-27-21(23)19-11-6-15-4-2-3-5-18(15)22-19/h2-11,21H,12-14H2,1H3. The topological polar surface area (TPSA) is 51.7 Å². The molecule has 0 bridgehead atoms. The van der Waals surface area contributed by atoms with Crippen molar-refractivity contribution < 1.29 is 14.3 Å². The van der Waals surface area contributed by atoms with Crippen LogP contribution in [0.15, 0.2) is 60.7 Å². The summed E-state index contributed by atoms with van der Waals surface area (Å²) in [5.41, 5.74) is 1.86. The smallest absolute Gasteiger partial charge is 0.234 e. The highest BCUT2D eigenvalue weighted by atomic mass is 32.2. The maximum absolute atomic E-state index is 12.4. The number of fused-ring (bicyclic) bond motifs is 1. The van der Waals surface area contributed by atoms with Crippen LogP contribution in [0.2, 0.25) is 0 Å². The number of amides is 1. The summed E-state index contributed by atoms with van der Waals surface area (Å²) < 4.78 is 10.9. The van der Waals surface area contributed by atoms with Crippen molar-refractivity contribution >= 4 is 28.6 Å². The Hall–Kier alpha value is -2.73. The molecule has 0 radical (unpaired) electrons. The number of nitrogens with zero attached hydrogens (tertiary/aromatic N) is 2. The van der Waals surface area contributed by atoms with Crippen LogP contribution in [0.25, 0.3) is 10.9 Å². The molecule has 2 aromatic carbocycles. The fourth-order valence-corrected chi connectivity index (χ4v) is 4.27. The first-order chi connectivity index (χ1) is 13.2. The van der Waals surface area contributed by atoms with Gasteiger partial charge in [0.05, 0.1) is 30.6 Å². The second-order valence-corrected chi connectivity index (χ2v) is 7.27. The van der Waals surface area contributed by atoms with Crippen molar-refractivity contribution in [2.24, 2.45) is 0 Å². The van der Waals surface area contributed by atoms with Crippen molar-refractivity contribution in [3.05, 3.63) is 66.4 Å². The first kappa shape index (κ1) is 17.7. The van der Waals surface area contributed by atoms with Gasteiger partial charge in [-0.15, -0.1) is 11.8 Å². The average molecular weight is 380 g/mol. The van der Waals surface area contributed by atoms with E-state index in [2.05, 4.69) is 6.07 Å². The number of pyridine rings is 1. The number of hydrogen-bond donors (Lipinski definition) is 0. The largest absolute Gasteiger partial charge is 0.497 e. The number of rotatable bonds is 6. The Balaban J connectivity index is 1.44. The molecule has 0 spiro atoms. The van der Waals surface area contributed by atoms with E-state index in [1.807, 2.05) is 59.5 Å². The first-order valence-corrected chi connectivity index (χ1v) is 9.83. The molecule has 138 valence electrons. The van der Waals surface area contributed by atoms with Gasteiger partial charge in [0.1, 0.15) is 23.5 Å². The van der Waals surface area contributed by atoms with Crippen LogP contribution >= 0.6 is 11.8 Å². The first-order valence-electron chi connectivity index (χ1n) is 8.78. The van der Waals surface area contributed by atoms with Crippen molar-refractivity contribution in [3.63, 3.8) is 0 Å². The van der Waals surface area contributed by atoms with Gasteiger partial charge in [-0.3, -0.25) is 4.79 Å². The van der Waals surface area contributed by atoms with Gasteiger partial charge in [0.15, 0.2) is 0 Å². The third kappa shape index (κ3) is 3.85. The molecule has 1 saturated heterocycles. The zero-order chi connectivity index (χ0) is 18.6. The Kier molecular flexibility index (Phi) is 5.16. The molecule has 0 aliphatic carbocycles. The van der Waals surface area contributed by atoms with Crippen molar-refractivity contribution in [1.29, 1.82) is 0 Å². The molecule has 1 fully saturated rings. The summed E-state index contributed by atoms with van der Waals surface area (Å²) in [6.45, 7) is 0.958. The maximum atomic E-state index is 12.4. The summed E-state index contributed by atoms with van der Waals surface area (Å²) in [6, 6.07) is 19.5. The molecule has 4 rings (SSSR count). The highest BCUT2D eigenvalue weighted by molar-refractivity contribution is 8.00. The van der Waals surface area contributed by atoms with Gasteiger partial charge in [0, 0.05) is 5.39 Å². The minimum Gasteiger partial charge on any atom is -0.497 e. The van der Waals surface area contributed by atoms with Crippen LogP contribution in [0, 0.1) is 0 Å². The number of carbonyl (C=O) groups excluding carboxylic acids is 1. The predicted octanol–water partition coefficient (Wildman–Crippen LogP) is 3.90. The lowest BCUT2D eigenvalue weighted by molar-refractivity contribution is -0.128. The highest BCUT2D eigenvalue weighted by Gasteiger charge is 2.33. The Labute approximate surface area is 162 Å². The van der Waals surface area contributed by atoms with Crippen LogP contribution in [-0.2, 0) is 4.79 Å². The van der Waals surface area contributed by atoms with Crippen molar-refractivity contribution in [2.45, 2.75) is 5.37 Å². The molecule has 3 aromatic rings. The van der Waals surface area contributed by atoms with E-state index in [4.69, 9.17) is 14.5 Å². The van der Waals surface area contributed by atoms with Gasteiger partial charge in [-0.2, -0.15) is 0 Å². The molecule has 0 N–H and O–H groups in total. The third-order valence-electron chi connectivity index (χ3n) is 4.50. The van der Waals surface area contributed by atoms with Gasteiger partial charge in [-0.05, 0) is 36.4 Å². The zero-order valence-electron chi connectivity index (χ0n) is 15.0. The Morgan fingerprint density at radius 3 is 2.67 bits per heavy atom. The molecule has 1 atom stereocenters. The number of aromatic nitrogens is 1. The number of hydrogen-bond acceptors (Lipinski definition) is 5. The van der Waals surface area contributed by atoms with Crippen LogP contribution in [0.4, 0.5) is 0 Å². The molecular weight excluding hydrogens is 360 g/mol. The van der Waals surface area contributed by atoms with E-state index < -0.39 is 0 Å². The third-order valence-corrected chi connectivity index (χ3v) is 5.73. The monoisotopic (exact) mass is 380 g/mol. The summed E-state index contributed by atoms with van der Waals surface area (Å²) in [5, 5.41) is 1.03. The Morgan fingerprint density at radius 1 is 1.07 bits per heavy atom. The van der Waals surface area contributed by atoms with Crippen molar-refractivity contribution in [1.82, 2.24) is 9.88 Å². The number of para-hydroxylation sites is 1. The van der Waals surface area contributed by atoms with Crippen molar-refractivity contribution in [3.8, 4) is 11.5 Å².